The van der Waals surface area contributed by atoms with E-state index in [0.29, 0.717) is 0 Å². The van der Waals surface area contributed by atoms with E-state index in [9.17, 15) is 0 Å². The van der Waals surface area contributed by atoms with Crippen LogP contribution in [0.15, 0.2) is 48.5 Å². The van der Waals surface area contributed by atoms with Gasteiger partial charge in [-0.2, -0.15) is 11.8 Å². The Kier molecular flexibility index (Phi) is 7.33. The number of nitrogens with zero attached hydrogens (tertiary/aromatic N) is 1. The molecule has 1 heterocycles. The first-order valence-corrected chi connectivity index (χ1v) is 11.5. The SMILES string of the molecule is CCCCCc1nc(CSC)sc1Cc1ccc(-c2[c]cccc2)cc1. The van der Waals surface area contributed by atoms with Crippen molar-refractivity contribution in [3.05, 3.63) is 75.7 Å². The number of unbranched alkanes of at least 4 members (excludes halogenated alkanes) is 2. The van der Waals surface area contributed by atoms with Crippen LogP contribution in [-0.2, 0) is 18.6 Å². The van der Waals surface area contributed by atoms with E-state index >= 15 is 0 Å². The first-order chi connectivity index (χ1) is 12.8. The lowest BCUT2D eigenvalue weighted by atomic mass is 10.0. The zero-order valence-corrected chi connectivity index (χ0v) is 17.3. The highest BCUT2D eigenvalue weighted by atomic mass is 32.2. The molecule has 1 aromatic heterocycles. The van der Waals surface area contributed by atoms with Gasteiger partial charge in [-0.15, -0.1) is 11.3 Å². The summed E-state index contributed by atoms with van der Waals surface area (Å²) in [5.74, 6) is 1.02. The molecule has 135 valence electrons. The quantitative estimate of drug-likeness (QED) is 0.379. The first-order valence-electron chi connectivity index (χ1n) is 9.32. The second-order valence-electron chi connectivity index (χ2n) is 6.52. The minimum absolute atomic E-state index is 0.992. The van der Waals surface area contributed by atoms with Crippen molar-refractivity contribution in [1.82, 2.24) is 4.98 Å². The molecule has 2 aromatic carbocycles. The fourth-order valence-electron chi connectivity index (χ4n) is 3.06. The van der Waals surface area contributed by atoms with Crippen LogP contribution in [0.25, 0.3) is 11.1 Å². The Labute approximate surface area is 165 Å². The summed E-state index contributed by atoms with van der Waals surface area (Å²) >= 11 is 3.75. The van der Waals surface area contributed by atoms with E-state index in [0.717, 1.165) is 24.2 Å². The van der Waals surface area contributed by atoms with Crippen LogP contribution in [0, 0.1) is 6.07 Å². The van der Waals surface area contributed by atoms with Gasteiger partial charge in [0.05, 0.1) is 5.69 Å². The summed E-state index contributed by atoms with van der Waals surface area (Å²) in [5.41, 5.74) is 5.07. The predicted octanol–water partition coefficient (Wildman–Crippen LogP) is 6.80. The van der Waals surface area contributed by atoms with Gasteiger partial charge in [0.25, 0.3) is 0 Å². The van der Waals surface area contributed by atoms with Gasteiger partial charge in [0.15, 0.2) is 0 Å². The number of aryl methyl sites for hydroxylation is 1. The van der Waals surface area contributed by atoms with E-state index in [-0.39, 0.29) is 0 Å². The van der Waals surface area contributed by atoms with Crippen molar-refractivity contribution in [2.75, 3.05) is 6.26 Å². The van der Waals surface area contributed by atoms with Crippen molar-refractivity contribution < 1.29 is 0 Å². The first kappa shape index (κ1) is 19.2. The molecule has 0 aliphatic rings. The molecule has 0 unspecified atom stereocenters. The van der Waals surface area contributed by atoms with Crippen molar-refractivity contribution in [2.45, 2.75) is 44.8 Å². The van der Waals surface area contributed by atoms with Crippen LogP contribution in [0.4, 0.5) is 0 Å². The molecule has 0 bridgehead atoms. The van der Waals surface area contributed by atoms with Crippen molar-refractivity contribution >= 4 is 23.1 Å². The molecule has 0 N–H and O–H groups in total. The van der Waals surface area contributed by atoms with E-state index in [2.05, 4.69) is 55.6 Å². The van der Waals surface area contributed by atoms with Crippen LogP contribution in [0.3, 0.4) is 0 Å². The molecule has 3 heteroatoms. The second kappa shape index (κ2) is 9.94. The lowest BCUT2D eigenvalue weighted by molar-refractivity contribution is 0.705. The standard InChI is InChI=1S/C23H26NS2/c1-3-4-6-11-21-22(26-23(24-21)17-25-2)16-18-12-14-20(15-13-18)19-9-7-5-8-10-19/h5,7-9,12-15H,3-4,6,11,16-17H2,1-2H3. The lowest BCUT2D eigenvalue weighted by Crippen LogP contribution is -1.94. The largest absolute Gasteiger partial charge is 0.245 e. The van der Waals surface area contributed by atoms with Gasteiger partial charge in [0, 0.05) is 17.1 Å². The molecule has 0 spiro atoms. The van der Waals surface area contributed by atoms with Gasteiger partial charge in [-0.05, 0) is 41.9 Å². The van der Waals surface area contributed by atoms with Crippen molar-refractivity contribution in [3.8, 4) is 11.1 Å². The van der Waals surface area contributed by atoms with E-state index in [4.69, 9.17) is 4.98 Å². The molecule has 1 radical (unpaired) electrons. The van der Waals surface area contributed by atoms with Crippen molar-refractivity contribution in [3.63, 3.8) is 0 Å². The molecular weight excluding hydrogens is 354 g/mol. The van der Waals surface area contributed by atoms with Gasteiger partial charge >= 0.3 is 0 Å². The summed E-state index contributed by atoms with van der Waals surface area (Å²) in [5, 5.41) is 1.27. The van der Waals surface area contributed by atoms with Gasteiger partial charge in [0.1, 0.15) is 5.01 Å². The Morgan fingerprint density at radius 2 is 1.92 bits per heavy atom. The number of thiazole rings is 1. The predicted molar refractivity (Wildman–Crippen MR) is 116 cm³/mol. The molecule has 0 saturated heterocycles. The molecule has 0 fully saturated rings. The Morgan fingerprint density at radius 1 is 1.08 bits per heavy atom. The molecule has 3 rings (SSSR count). The van der Waals surface area contributed by atoms with E-state index < -0.39 is 0 Å². The second-order valence-corrected chi connectivity index (χ2v) is 8.55. The molecule has 0 saturated carbocycles. The van der Waals surface area contributed by atoms with Crippen molar-refractivity contribution in [2.24, 2.45) is 0 Å². The molecule has 1 nitrogen and oxygen atoms in total. The van der Waals surface area contributed by atoms with Gasteiger partial charge in [-0.25, -0.2) is 4.98 Å². The Balaban J connectivity index is 1.74. The highest BCUT2D eigenvalue weighted by Gasteiger charge is 2.12. The van der Waals surface area contributed by atoms with Crippen LogP contribution < -0.4 is 0 Å². The summed E-state index contributed by atoms with van der Waals surface area (Å²) in [6.45, 7) is 2.26. The number of benzene rings is 2. The average molecular weight is 381 g/mol. The summed E-state index contributed by atoms with van der Waals surface area (Å²) in [6, 6.07) is 20.4. The topological polar surface area (TPSA) is 12.9 Å². The van der Waals surface area contributed by atoms with E-state index in [1.165, 1.54) is 46.0 Å². The average Bonchev–Trinajstić information content (AvgIpc) is 3.05. The monoisotopic (exact) mass is 380 g/mol. The minimum atomic E-state index is 0.992. The zero-order valence-electron chi connectivity index (χ0n) is 15.6. The molecule has 0 atom stereocenters. The molecule has 26 heavy (non-hydrogen) atoms. The smallest absolute Gasteiger partial charge is 0.103 e. The Morgan fingerprint density at radius 3 is 2.62 bits per heavy atom. The van der Waals surface area contributed by atoms with Gasteiger partial charge in [0.2, 0.25) is 0 Å². The van der Waals surface area contributed by atoms with E-state index in [1.54, 1.807) is 0 Å². The van der Waals surface area contributed by atoms with Gasteiger partial charge < -0.3 is 0 Å². The maximum atomic E-state index is 4.93. The summed E-state index contributed by atoms with van der Waals surface area (Å²) in [7, 11) is 0. The van der Waals surface area contributed by atoms with Gasteiger partial charge in [-0.3, -0.25) is 0 Å². The lowest BCUT2D eigenvalue weighted by Gasteiger charge is -2.05. The Bertz CT molecular complexity index is 791. The molecule has 3 aromatic rings. The number of hydrogen-bond donors (Lipinski definition) is 0. The number of rotatable bonds is 9. The van der Waals surface area contributed by atoms with Crippen LogP contribution in [0.5, 0.6) is 0 Å². The van der Waals surface area contributed by atoms with Crippen LogP contribution >= 0.6 is 23.1 Å². The van der Waals surface area contributed by atoms with Gasteiger partial charge in [-0.1, -0.05) is 68.3 Å². The molecular formula is C23H26NS2. The summed E-state index contributed by atoms with van der Waals surface area (Å²) in [6.07, 6.45) is 8.05. The zero-order chi connectivity index (χ0) is 18.2. The minimum Gasteiger partial charge on any atom is -0.245 e. The third-order valence-electron chi connectivity index (χ3n) is 4.45. The highest BCUT2D eigenvalue weighted by Crippen LogP contribution is 2.27. The molecule has 0 aliphatic carbocycles. The molecule has 0 aliphatic heterocycles. The fraction of sp³-hybridized carbons (Fsp3) is 0.348. The maximum Gasteiger partial charge on any atom is 0.103 e. The molecule has 0 amide bonds. The summed E-state index contributed by atoms with van der Waals surface area (Å²) < 4.78 is 0. The van der Waals surface area contributed by atoms with E-state index in [1.807, 2.05) is 35.2 Å². The van der Waals surface area contributed by atoms with Crippen LogP contribution in [0.2, 0.25) is 0 Å². The number of hydrogen-bond acceptors (Lipinski definition) is 3. The normalized spacial score (nSPS) is 11.0. The Hall–Kier alpha value is -1.58. The number of aromatic nitrogens is 1. The van der Waals surface area contributed by atoms with Crippen molar-refractivity contribution in [1.29, 1.82) is 0 Å². The third-order valence-corrected chi connectivity index (χ3v) is 6.29. The summed E-state index contributed by atoms with van der Waals surface area (Å²) in [4.78, 5) is 6.37. The highest BCUT2D eigenvalue weighted by molar-refractivity contribution is 7.97. The van der Waals surface area contributed by atoms with Crippen LogP contribution in [-0.4, -0.2) is 11.2 Å². The third kappa shape index (κ3) is 5.21. The number of thioether (sulfide) groups is 1. The maximum absolute atomic E-state index is 4.93. The van der Waals surface area contributed by atoms with Crippen LogP contribution in [0.1, 0.15) is 47.3 Å². The fourth-order valence-corrected chi connectivity index (χ4v) is 4.90.